The van der Waals surface area contributed by atoms with Crippen LogP contribution in [0.25, 0.3) is 17.0 Å². The molecule has 1 aliphatic heterocycles. The molecule has 0 aliphatic carbocycles. The van der Waals surface area contributed by atoms with Gasteiger partial charge in [0.2, 0.25) is 0 Å². The first-order valence-electron chi connectivity index (χ1n) is 10.6. The molecule has 33 heavy (non-hydrogen) atoms. The van der Waals surface area contributed by atoms with Crippen LogP contribution < -0.4 is 0 Å². The van der Waals surface area contributed by atoms with E-state index in [1.807, 2.05) is 60.7 Å². The number of carbonyl (C=O) groups is 2. The number of hydrogen-bond acceptors (Lipinski definition) is 3. The van der Waals surface area contributed by atoms with Crippen molar-refractivity contribution in [1.82, 2.24) is 9.47 Å². The molecule has 1 aliphatic rings. The predicted molar refractivity (Wildman–Crippen MR) is 138 cm³/mol. The summed E-state index contributed by atoms with van der Waals surface area (Å²) in [5.41, 5.74) is 5.28. The maximum Gasteiger partial charge on any atom is 0.293 e. The molecule has 4 aromatic rings. The number of imide groups is 1. The average molecular weight is 517 g/mol. The van der Waals surface area contributed by atoms with Crippen molar-refractivity contribution in [3.8, 4) is 0 Å². The third-order valence-electron chi connectivity index (χ3n) is 5.84. The van der Waals surface area contributed by atoms with E-state index in [2.05, 4.69) is 51.7 Å². The highest BCUT2D eigenvalue weighted by Crippen LogP contribution is 2.36. The van der Waals surface area contributed by atoms with E-state index in [9.17, 15) is 9.59 Å². The molecule has 0 atom stereocenters. The molecular weight excluding hydrogens is 496 g/mol. The van der Waals surface area contributed by atoms with Gasteiger partial charge in [-0.3, -0.25) is 14.5 Å². The number of carbonyl (C=O) groups excluding carboxylic acids is 2. The summed E-state index contributed by atoms with van der Waals surface area (Å²) in [6.07, 6.45) is 1.88. The molecule has 1 aromatic heterocycles. The van der Waals surface area contributed by atoms with E-state index >= 15 is 0 Å². The van der Waals surface area contributed by atoms with Crippen molar-refractivity contribution in [2.45, 2.75) is 20.0 Å². The minimum Gasteiger partial charge on any atom is -0.340 e. The van der Waals surface area contributed by atoms with E-state index < -0.39 is 0 Å². The van der Waals surface area contributed by atoms with Gasteiger partial charge < -0.3 is 4.57 Å². The Morgan fingerprint density at radius 3 is 2.39 bits per heavy atom. The van der Waals surface area contributed by atoms with Crippen molar-refractivity contribution in [1.29, 1.82) is 0 Å². The van der Waals surface area contributed by atoms with Gasteiger partial charge in [-0.1, -0.05) is 76.6 Å². The Morgan fingerprint density at radius 1 is 0.879 bits per heavy atom. The quantitative estimate of drug-likeness (QED) is 0.268. The van der Waals surface area contributed by atoms with E-state index in [0.717, 1.165) is 50.5 Å². The first-order valence-corrected chi connectivity index (χ1v) is 12.2. The van der Waals surface area contributed by atoms with Crippen LogP contribution in [0.5, 0.6) is 0 Å². The van der Waals surface area contributed by atoms with Crippen molar-refractivity contribution in [2.24, 2.45) is 0 Å². The number of amides is 2. The highest BCUT2D eigenvalue weighted by atomic mass is 79.9. The Hall–Kier alpha value is -3.09. The molecule has 164 valence electrons. The fourth-order valence-electron chi connectivity index (χ4n) is 4.19. The fourth-order valence-corrected chi connectivity index (χ4v) is 5.46. The molecule has 0 N–H and O–H groups in total. The van der Waals surface area contributed by atoms with Crippen molar-refractivity contribution in [2.75, 3.05) is 0 Å². The van der Waals surface area contributed by atoms with Crippen molar-refractivity contribution in [3.63, 3.8) is 0 Å². The number of rotatable bonds is 5. The molecular formula is C27H21BrN2O2S. The van der Waals surface area contributed by atoms with Gasteiger partial charge in [-0.05, 0) is 54.1 Å². The van der Waals surface area contributed by atoms with Crippen molar-refractivity contribution < 1.29 is 9.59 Å². The third-order valence-corrected chi connectivity index (χ3v) is 7.24. The van der Waals surface area contributed by atoms with Crippen LogP contribution >= 0.6 is 27.7 Å². The highest BCUT2D eigenvalue weighted by molar-refractivity contribution is 9.10. The van der Waals surface area contributed by atoms with Crippen LogP contribution in [-0.2, 0) is 17.9 Å². The minimum absolute atomic E-state index is 0.239. The first-order chi connectivity index (χ1) is 16.0. The molecule has 2 heterocycles. The van der Waals surface area contributed by atoms with E-state index in [1.54, 1.807) is 0 Å². The number of hydrogen-bond donors (Lipinski definition) is 0. The zero-order chi connectivity index (χ0) is 22.9. The molecule has 0 saturated carbocycles. The van der Waals surface area contributed by atoms with Crippen LogP contribution in [0.4, 0.5) is 4.79 Å². The zero-order valence-electron chi connectivity index (χ0n) is 18.0. The second-order valence-electron chi connectivity index (χ2n) is 7.99. The van der Waals surface area contributed by atoms with Crippen molar-refractivity contribution >= 4 is 55.8 Å². The van der Waals surface area contributed by atoms with Crippen LogP contribution in [-0.4, -0.2) is 20.6 Å². The standard InChI is InChI=1S/C27H21BrN2O2S/c1-18-23(22-12-5-6-13-24(22)29(18)16-19-8-3-2-4-9-19)15-25-26(31)30(27(32)33-25)17-20-10-7-11-21(28)14-20/h2-15H,16-17H2,1H3/b25-15-. The van der Waals surface area contributed by atoms with Gasteiger partial charge in [0.25, 0.3) is 11.1 Å². The zero-order valence-corrected chi connectivity index (χ0v) is 20.4. The number of thioether (sulfide) groups is 1. The Kier molecular flexibility index (Phi) is 5.96. The van der Waals surface area contributed by atoms with Gasteiger partial charge in [0.15, 0.2) is 0 Å². The van der Waals surface area contributed by atoms with Crippen LogP contribution in [0.2, 0.25) is 0 Å². The van der Waals surface area contributed by atoms with E-state index in [4.69, 9.17) is 0 Å². The molecule has 1 saturated heterocycles. The Balaban J connectivity index is 1.51. The largest absolute Gasteiger partial charge is 0.340 e. The molecule has 4 nitrogen and oxygen atoms in total. The van der Waals surface area contributed by atoms with Gasteiger partial charge in [0.1, 0.15) is 0 Å². The lowest BCUT2D eigenvalue weighted by molar-refractivity contribution is -0.123. The van der Waals surface area contributed by atoms with Crippen molar-refractivity contribution in [3.05, 3.63) is 111 Å². The second-order valence-corrected chi connectivity index (χ2v) is 9.89. The summed E-state index contributed by atoms with van der Waals surface area (Å²) in [5, 5.41) is 0.835. The highest BCUT2D eigenvalue weighted by Gasteiger charge is 2.35. The number of halogens is 1. The lowest BCUT2D eigenvalue weighted by Crippen LogP contribution is -2.27. The van der Waals surface area contributed by atoms with E-state index in [-0.39, 0.29) is 17.7 Å². The Morgan fingerprint density at radius 2 is 1.61 bits per heavy atom. The number of benzene rings is 3. The minimum atomic E-state index is -0.246. The predicted octanol–water partition coefficient (Wildman–Crippen LogP) is 7.00. The van der Waals surface area contributed by atoms with Gasteiger partial charge in [-0.15, -0.1) is 0 Å². The van der Waals surface area contributed by atoms with E-state index in [1.165, 1.54) is 10.5 Å². The van der Waals surface area contributed by atoms with Gasteiger partial charge in [-0.2, -0.15) is 0 Å². The fraction of sp³-hybridized carbons (Fsp3) is 0.111. The summed E-state index contributed by atoms with van der Waals surface area (Å²) in [4.78, 5) is 27.6. The number of fused-ring (bicyclic) bond motifs is 1. The maximum absolute atomic E-state index is 13.2. The number of para-hydroxylation sites is 1. The van der Waals surface area contributed by atoms with Gasteiger partial charge in [0, 0.05) is 33.2 Å². The number of nitrogens with zero attached hydrogens (tertiary/aromatic N) is 2. The molecule has 2 amide bonds. The molecule has 5 rings (SSSR count). The molecule has 0 spiro atoms. The summed E-state index contributed by atoms with van der Waals surface area (Å²) in [6.45, 7) is 3.07. The van der Waals surface area contributed by atoms with Gasteiger partial charge in [-0.25, -0.2) is 0 Å². The normalized spacial score (nSPS) is 15.2. The molecule has 6 heteroatoms. The smallest absolute Gasteiger partial charge is 0.293 e. The number of aromatic nitrogens is 1. The average Bonchev–Trinajstić information content (AvgIpc) is 3.23. The van der Waals surface area contributed by atoms with E-state index in [0.29, 0.717) is 4.91 Å². The Bertz CT molecular complexity index is 1410. The summed E-state index contributed by atoms with van der Waals surface area (Å²) >= 11 is 4.46. The SMILES string of the molecule is Cc1c(/C=C2\SC(=O)N(Cc3cccc(Br)c3)C2=O)c2ccccc2n1Cc1ccccc1. The van der Waals surface area contributed by atoms with Gasteiger partial charge >= 0.3 is 0 Å². The maximum atomic E-state index is 13.2. The second kappa shape index (κ2) is 9.04. The Labute approximate surface area is 205 Å². The molecule has 0 bridgehead atoms. The van der Waals surface area contributed by atoms with Crippen LogP contribution in [0.3, 0.4) is 0 Å². The van der Waals surface area contributed by atoms with Crippen LogP contribution in [0, 0.1) is 6.92 Å². The summed E-state index contributed by atoms with van der Waals surface area (Å²) in [6, 6.07) is 26.2. The van der Waals surface area contributed by atoms with Crippen LogP contribution in [0.15, 0.2) is 88.2 Å². The molecule has 3 aromatic carbocycles. The lowest BCUT2D eigenvalue weighted by Gasteiger charge is -2.12. The topological polar surface area (TPSA) is 42.3 Å². The van der Waals surface area contributed by atoms with Gasteiger partial charge in [0.05, 0.1) is 11.4 Å². The molecule has 0 unspecified atom stereocenters. The first kappa shape index (κ1) is 21.7. The van der Waals surface area contributed by atoms with Crippen LogP contribution in [0.1, 0.15) is 22.4 Å². The third kappa shape index (κ3) is 4.28. The molecule has 1 fully saturated rings. The summed E-state index contributed by atoms with van der Waals surface area (Å²) < 4.78 is 3.19. The lowest BCUT2D eigenvalue weighted by atomic mass is 10.1. The summed E-state index contributed by atoms with van der Waals surface area (Å²) in [7, 11) is 0. The monoisotopic (exact) mass is 516 g/mol. The molecule has 0 radical (unpaired) electrons. The summed E-state index contributed by atoms with van der Waals surface area (Å²) in [5.74, 6) is -0.246.